The largest absolute Gasteiger partial charge is 0.465 e. The van der Waals surface area contributed by atoms with Gasteiger partial charge in [0.25, 0.3) is 10.0 Å². The Kier molecular flexibility index (Phi) is 9.03. The van der Waals surface area contributed by atoms with Crippen LogP contribution in [0.3, 0.4) is 0 Å². The van der Waals surface area contributed by atoms with Gasteiger partial charge in [0.1, 0.15) is 16.8 Å². The van der Waals surface area contributed by atoms with Crippen LogP contribution in [0.4, 0.5) is 0 Å². The predicted molar refractivity (Wildman–Crippen MR) is 145 cm³/mol. The molecular formula is C26H28ClN3O6S2. The third-order valence-corrected chi connectivity index (χ3v) is 9.35. The quantitative estimate of drug-likeness (QED) is 0.370. The monoisotopic (exact) mass is 577 g/mol. The van der Waals surface area contributed by atoms with E-state index in [9.17, 15) is 22.8 Å². The molecule has 4 rings (SSSR count). The zero-order valence-electron chi connectivity index (χ0n) is 20.8. The molecule has 1 aliphatic heterocycles. The summed E-state index contributed by atoms with van der Waals surface area (Å²) >= 11 is 7.09. The van der Waals surface area contributed by atoms with Gasteiger partial charge < -0.3 is 14.5 Å². The number of sulfonamides is 1. The van der Waals surface area contributed by atoms with Gasteiger partial charge in [-0.15, -0.1) is 11.3 Å². The first kappa shape index (κ1) is 28.0. The minimum absolute atomic E-state index is 0.0826. The highest BCUT2D eigenvalue weighted by Crippen LogP contribution is 2.31. The van der Waals surface area contributed by atoms with Crippen LogP contribution in [0.2, 0.25) is 5.02 Å². The second-order valence-electron chi connectivity index (χ2n) is 8.86. The number of thiophene rings is 1. The molecule has 1 saturated heterocycles. The fourth-order valence-electron chi connectivity index (χ4n) is 4.23. The molecule has 0 aliphatic carbocycles. The molecule has 1 unspecified atom stereocenters. The van der Waals surface area contributed by atoms with E-state index in [0.29, 0.717) is 24.4 Å². The van der Waals surface area contributed by atoms with Crippen molar-refractivity contribution in [3.05, 3.63) is 65.2 Å². The van der Waals surface area contributed by atoms with Gasteiger partial charge in [-0.25, -0.2) is 8.42 Å². The zero-order valence-corrected chi connectivity index (χ0v) is 23.2. The minimum Gasteiger partial charge on any atom is -0.465 e. The topological polar surface area (TPSA) is 113 Å². The van der Waals surface area contributed by atoms with E-state index >= 15 is 0 Å². The van der Waals surface area contributed by atoms with Gasteiger partial charge in [-0.2, -0.15) is 4.72 Å². The molecule has 2 aromatic carbocycles. The summed E-state index contributed by atoms with van der Waals surface area (Å²) in [6.07, 6.45) is 0.834. The lowest BCUT2D eigenvalue weighted by molar-refractivity contribution is -0.151. The smallest absolute Gasteiger partial charge is 0.325 e. The van der Waals surface area contributed by atoms with E-state index in [1.807, 2.05) is 30.3 Å². The lowest BCUT2D eigenvalue weighted by Gasteiger charge is -2.33. The molecule has 1 aromatic heterocycles. The fourth-order valence-corrected chi connectivity index (χ4v) is 7.14. The average molecular weight is 578 g/mol. The second kappa shape index (κ2) is 12.2. The Balaban J connectivity index is 1.45. The van der Waals surface area contributed by atoms with Gasteiger partial charge in [0.2, 0.25) is 11.8 Å². The summed E-state index contributed by atoms with van der Waals surface area (Å²) in [5, 5.41) is 1.24. The lowest BCUT2D eigenvalue weighted by atomic mass is 10.1. The Bertz CT molecular complexity index is 1430. The number of rotatable bonds is 10. The van der Waals surface area contributed by atoms with Crippen molar-refractivity contribution >= 4 is 60.8 Å². The van der Waals surface area contributed by atoms with Crippen molar-refractivity contribution in [1.29, 1.82) is 0 Å². The number of ether oxygens (including phenoxy) is 1. The van der Waals surface area contributed by atoms with E-state index in [-0.39, 0.29) is 30.5 Å². The van der Waals surface area contributed by atoms with Crippen molar-refractivity contribution in [2.24, 2.45) is 0 Å². The molecule has 12 heteroatoms. The van der Waals surface area contributed by atoms with Crippen molar-refractivity contribution in [3.63, 3.8) is 0 Å². The number of hydrogen-bond acceptors (Lipinski definition) is 7. The summed E-state index contributed by atoms with van der Waals surface area (Å²) in [5.41, 5.74) is 0.824. The van der Waals surface area contributed by atoms with E-state index in [1.165, 1.54) is 9.80 Å². The van der Waals surface area contributed by atoms with Crippen LogP contribution in [0.5, 0.6) is 0 Å². The SMILES string of the molecule is CCOC(=O)CN(Cc1ccccc1)C(=O)CN1CCCC(NS(=O)(=O)c2cc3ccc(Cl)cc3s2)C1=O. The number of carbonyl (C=O) groups is 3. The molecule has 0 spiro atoms. The molecule has 2 amide bonds. The third-order valence-electron chi connectivity index (χ3n) is 6.07. The van der Waals surface area contributed by atoms with Gasteiger partial charge in [0, 0.05) is 22.8 Å². The molecule has 202 valence electrons. The number of nitrogens with one attached hydrogen (secondary N) is 1. The van der Waals surface area contributed by atoms with Gasteiger partial charge in [-0.05, 0) is 48.9 Å². The molecule has 2 heterocycles. The third kappa shape index (κ3) is 6.90. The lowest BCUT2D eigenvalue weighted by Crippen LogP contribution is -2.54. The molecular weight excluding hydrogens is 550 g/mol. The summed E-state index contributed by atoms with van der Waals surface area (Å²) in [5.74, 6) is -1.45. The maximum absolute atomic E-state index is 13.2. The fraction of sp³-hybridized carbons (Fsp3) is 0.346. The highest BCUT2D eigenvalue weighted by molar-refractivity contribution is 7.91. The van der Waals surface area contributed by atoms with Crippen LogP contribution < -0.4 is 4.72 Å². The van der Waals surface area contributed by atoms with Crippen LogP contribution in [0.15, 0.2) is 58.8 Å². The first-order valence-corrected chi connectivity index (χ1v) is 14.8. The number of carbonyl (C=O) groups excluding carboxylic acids is 3. The van der Waals surface area contributed by atoms with E-state index in [2.05, 4.69) is 4.72 Å². The van der Waals surface area contributed by atoms with E-state index in [4.69, 9.17) is 16.3 Å². The highest BCUT2D eigenvalue weighted by Gasteiger charge is 2.34. The number of nitrogens with zero attached hydrogens (tertiary/aromatic N) is 2. The van der Waals surface area contributed by atoms with Gasteiger partial charge in [0.15, 0.2) is 0 Å². The molecule has 1 N–H and O–H groups in total. The molecule has 1 aliphatic rings. The maximum Gasteiger partial charge on any atom is 0.325 e. The standard InChI is InChI=1S/C26H28ClN3O6S2/c1-2-36-24(32)17-30(15-18-7-4-3-5-8-18)23(31)16-29-12-6-9-21(26(29)33)28-38(34,35)25-13-19-10-11-20(27)14-22(19)37-25/h3-5,7-8,10-11,13-14,21,28H,2,6,9,12,15-17H2,1H3. The molecule has 1 atom stereocenters. The molecule has 1 fully saturated rings. The molecule has 9 nitrogen and oxygen atoms in total. The van der Waals surface area contributed by atoms with Gasteiger partial charge in [-0.1, -0.05) is 48.0 Å². The number of halogens is 1. The number of likely N-dealkylation sites (tertiary alicyclic amines) is 1. The Morgan fingerprint density at radius 2 is 1.95 bits per heavy atom. The van der Waals surface area contributed by atoms with Gasteiger partial charge in [0.05, 0.1) is 13.2 Å². The Hall–Kier alpha value is -2.99. The van der Waals surface area contributed by atoms with Gasteiger partial charge in [-0.3, -0.25) is 14.4 Å². The van der Waals surface area contributed by atoms with Gasteiger partial charge >= 0.3 is 5.97 Å². The number of benzene rings is 2. The van der Waals surface area contributed by atoms with Crippen molar-refractivity contribution in [2.45, 2.75) is 36.6 Å². The van der Waals surface area contributed by atoms with Crippen LogP contribution in [-0.2, 0) is 35.7 Å². The molecule has 0 radical (unpaired) electrons. The number of fused-ring (bicyclic) bond motifs is 1. The summed E-state index contributed by atoms with van der Waals surface area (Å²) in [4.78, 5) is 41.3. The second-order valence-corrected chi connectivity index (χ2v) is 12.3. The van der Waals surface area contributed by atoms with E-state index in [0.717, 1.165) is 27.0 Å². The number of amides is 2. The first-order chi connectivity index (χ1) is 18.2. The molecule has 0 bridgehead atoms. The van der Waals surface area contributed by atoms with Crippen LogP contribution >= 0.6 is 22.9 Å². The predicted octanol–water partition coefficient (Wildman–Crippen LogP) is 3.42. The summed E-state index contributed by atoms with van der Waals surface area (Å²) in [6.45, 7) is 1.82. The number of hydrogen-bond donors (Lipinski definition) is 1. The summed E-state index contributed by atoms with van der Waals surface area (Å²) < 4.78 is 34.5. The summed E-state index contributed by atoms with van der Waals surface area (Å²) in [6, 6.07) is 14.9. The van der Waals surface area contributed by atoms with Crippen LogP contribution in [-0.4, -0.2) is 68.3 Å². The molecule has 3 aromatic rings. The Labute approximate surface area is 230 Å². The normalized spacial score (nSPS) is 16.0. The zero-order chi connectivity index (χ0) is 27.3. The van der Waals surface area contributed by atoms with Crippen LogP contribution in [0.25, 0.3) is 10.1 Å². The Morgan fingerprint density at radius 3 is 2.68 bits per heavy atom. The number of piperidine rings is 1. The minimum atomic E-state index is -3.98. The molecule has 38 heavy (non-hydrogen) atoms. The van der Waals surface area contributed by atoms with Crippen LogP contribution in [0.1, 0.15) is 25.3 Å². The highest BCUT2D eigenvalue weighted by atomic mass is 35.5. The van der Waals surface area contributed by atoms with Crippen LogP contribution in [0, 0.1) is 0 Å². The number of esters is 1. The molecule has 0 saturated carbocycles. The van der Waals surface area contributed by atoms with E-state index in [1.54, 1.807) is 31.2 Å². The Morgan fingerprint density at radius 1 is 1.18 bits per heavy atom. The van der Waals surface area contributed by atoms with Crippen molar-refractivity contribution in [3.8, 4) is 0 Å². The maximum atomic E-state index is 13.2. The first-order valence-electron chi connectivity index (χ1n) is 12.1. The average Bonchev–Trinajstić information content (AvgIpc) is 3.31. The summed E-state index contributed by atoms with van der Waals surface area (Å²) in [7, 11) is -3.98. The van der Waals surface area contributed by atoms with Crippen molar-refractivity contribution < 1.29 is 27.5 Å². The van der Waals surface area contributed by atoms with Crippen molar-refractivity contribution in [1.82, 2.24) is 14.5 Å². The van der Waals surface area contributed by atoms with E-state index < -0.39 is 33.8 Å². The van der Waals surface area contributed by atoms with Crippen molar-refractivity contribution in [2.75, 3.05) is 26.2 Å².